The average Bonchev–Trinajstić information content (AvgIpc) is 3.55. The van der Waals surface area contributed by atoms with Crippen molar-refractivity contribution in [2.75, 3.05) is 9.80 Å². The first-order valence-electron chi connectivity index (χ1n) is 14.8. The van der Waals surface area contributed by atoms with Gasteiger partial charge in [0.2, 0.25) is 0 Å². The van der Waals surface area contributed by atoms with E-state index in [-0.39, 0.29) is 5.57 Å². The number of rotatable bonds is 9. The van der Waals surface area contributed by atoms with E-state index in [0.29, 0.717) is 18.4 Å². The van der Waals surface area contributed by atoms with Crippen molar-refractivity contribution in [3.8, 4) is 6.07 Å². The quantitative estimate of drug-likeness (QED) is 0.138. The van der Waals surface area contributed by atoms with Gasteiger partial charge in [0.15, 0.2) is 0 Å². The summed E-state index contributed by atoms with van der Waals surface area (Å²) in [4.78, 5) is 15.8. The minimum atomic E-state index is -1.17. The van der Waals surface area contributed by atoms with Crippen molar-refractivity contribution >= 4 is 46.2 Å². The summed E-state index contributed by atoms with van der Waals surface area (Å²) in [6.07, 6.45) is 7.11. The lowest BCUT2D eigenvalue weighted by Gasteiger charge is -2.28. The summed E-state index contributed by atoms with van der Waals surface area (Å²) >= 11 is 0. The van der Waals surface area contributed by atoms with Crippen molar-refractivity contribution in [1.29, 1.82) is 5.26 Å². The zero-order valence-corrected chi connectivity index (χ0v) is 24.6. The number of nitriles is 1. The molecule has 5 nitrogen and oxygen atoms in total. The van der Waals surface area contributed by atoms with E-state index >= 15 is 0 Å². The molecule has 0 amide bonds. The van der Waals surface area contributed by atoms with Gasteiger partial charge in [-0.25, -0.2) is 4.79 Å². The van der Waals surface area contributed by atoms with E-state index in [1.165, 1.54) is 0 Å². The van der Waals surface area contributed by atoms with Crippen LogP contribution in [0.5, 0.6) is 0 Å². The number of carboxylic acid groups (broad SMARTS) is 1. The zero-order chi connectivity index (χ0) is 31.0. The molecule has 5 heteroatoms. The highest BCUT2D eigenvalue weighted by molar-refractivity contribution is 5.93. The molecule has 0 saturated heterocycles. The van der Waals surface area contributed by atoms with Crippen LogP contribution in [-0.4, -0.2) is 11.1 Å². The Morgan fingerprint density at radius 2 is 0.978 bits per heavy atom. The van der Waals surface area contributed by atoms with Gasteiger partial charge in [-0.1, -0.05) is 85.0 Å². The van der Waals surface area contributed by atoms with E-state index < -0.39 is 5.97 Å². The number of nitrogens with zero attached hydrogens (tertiary/aromatic N) is 3. The van der Waals surface area contributed by atoms with E-state index in [9.17, 15) is 15.2 Å². The molecule has 0 saturated carbocycles. The average molecular weight is 586 g/mol. The van der Waals surface area contributed by atoms with Crippen molar-refractivity contribution in [1.82, 2.24) is 0 Å². The maximum atomic E-state index is 11.3. The predicted octanol–water partition coefficient (Wildman–Crippen LogP) is 10.3. The van der Waals surface area contributed by atoms with Crippen molar-refractivity contribution in [3.05, 3.63) is 174 Å². The molecule has 0 radical (unpaired) electrons. The van der Waals surface area contributed by atoms with E-state index in [4.69, 9.17) is 0 Å². The van der Waals surface area contributed by atoms with Crippen molar-refractivity contribution in [2.45, 2.75) is 12.8 Å². The lowest BCUT2D eigenvalue weighted by atomic mass is 10.1. The molecule has 1 aliphatic rings. The fourth-order valence-corrected chi connectivity index (χ4v) is 5.55. The second-order valence-corrected chi connectivity index (χ2v) is 10.7. The number of hydrogen-bond donors (Lipinski definition) is 1. The molecular formula is C40H31N3O2. The fraction of sp³-hybridized carbons (Fsp3) is 0.0500. The van der Waals surface area contributed by atoms with Crippen LogP contribution in [0, 0.1) is 11.3 Å². The summed E-state index contributed by atoms with van der Waals surface area (Å²) < 4.78 is 0. The third-order valence-electron chi connectivity index (χ3n) is 7.74. The number of allylic oxidation sites excluding steroid dienone is 4. The second-order valence-electron chi connectivity index (χ2n) is 10.7. The Balaban J connectivity index is 1.29. The Morgan fingerprint density at radius 1 is 0.578 bits per heavy atom. The third-order valence-corrected chi connectivity index (χ3v) is 7.74. The van der Waals surface area contributed by atoms with Crippen molar-refractivity contribution in [3.63, 3.8) is 0 Å². The molecule has 5 aromatic carbocycles. The molecule has 0 fully saturated rings. The normalized spacial score (nSPS) is 13.6. The summed E-state index contributed by atoms with van der Waals surface area (Å²) in [7, 11) is 0. The Bertz CT molecular complexity index is 1860. The van der Waals surface area contributed by atoms with E-state index in [1.54, 1.807) is 0 Å². The number of para-hydroxylation sites is 3. The maximum Gasteiger partial charge on any atom is 0.346 e. The van der Waals surface area contributed by atoms with Gasteiger partial charge in [0.1, 0.15) is 11.6 Å². The van der Waals surface area contributed by atoms with Crippen LogP contribution in [0.2, 0.25) is 0 Å². The Kier molecular flexibility index (Phi) is 8.66. The second kappa shape index (κ2) is 13.5. The molecule has 0 bridgehead atoms. The molecule has 1 N–H and O–H groups in total. The van der Waals surface area contributed by atoms with Gasteiger partial charge < -0.3 is 14.9 Å². The number of carboxylic acids is 1. The SMILES string of the molecule is N#C/C(C(=O)O)=C1C=C(/C=C/c2ccc(N(c3ccccc3)c3ccc(N(c4ccccc4)c4ccccc4)cc3)cc2)CC\1. The molecule has 0 aromatic heterocycles. The van der Waals surface area contributed by atoms with Crippen molar-refractivity contribution in [2.24, 2.45) is 0 Å². The number of hydrogen-bond acceptors (Lipinski definition) is 4. The van der Waals surface area contributed by atoms with Crippen LogP contribution in [0.25, 0.3) is 6.08 Å². The van der Waals surface area contributed by atoms with Crippen LogP contribution < -0.4 is 9.80 Å². The third kappa shape index (κ3) is 6.61. The highest BCUT2D eigenvalue weighted by Crippen LogP contribution is 2.39. The smallest absolute Gasteiger partial charge is 0.346 e. The minimum Gasteiger partial charge on any atom is -0.477 e. The summed E-state index contributed by atoms with van der Waals surface area (Å²) in [6.45, 7) is 0. The van der Waals surface area contributed by atoms with Crippen LogP contribution in [0.1, 0.15) is 18.4 Å². The van der Waals surface area contributed by atoms with Gasteiger partial charge in [-0.15, -0.1) is 0 Å². The summed E-state index contributed by atoms with van der Waals surface area (Å²) in [6, 6.07) is 49.8. The number of aliphatic carboxylic acids is 1. The van der Waals surface area contributed by atoms with Crippen LogP contribution in [0.3, 0.4) is 0 Å². The first-order valence-corrected chi connectivity index (χ1v) is 14.8. The monoisotopic (exact) mass is 585 g/mol. The molecular weight excluding hydrogens is 554 g/mol. The highest BCUT2D eigenvalue weighted by atomic mass is 16.4. The fourth-order valence-electron chi connectivity index (χ4n) is 5.55. The van der Waals surface area contributed by atoms with Gasteiger partial charge >= 0.3 is 5.97 Å². The van der Waals surface area contributed by atoms with Gasteiger partial charge in [-0.2, -0.15) is 5.26 Å². The highest BCUT2D eigenvalue weighted by Gasteiger charge is 2.18. The van der Waals surface area contributed by atoms with Crippen LogP contribution in [0.15, 0.2) is 168 Å². The first kappa shape index (κ1) is 29.0. The van der Waals surface area contributed by atoms with Gasteiger partial charge in [-0.05, 0) is 102 Å². The lowest BCUT2D eigenvalue weighted by Crippen LogP contribution is -2.12. The van der Waals surface area contributed by atoms with Gasteiger partial charge in [-0.3, -0.25) is 0 Å². The molecule has 0 heterocycles. The predicted molar refractivity (Wildman–Crippen MR) is 182 cm³/mol. The number of anilines is 6. The standard InChI is InChI=1S/C40H31N3O2/c41-29-39(40(44)45)32-21-18-31(28-32)17-16-30-19-22-36(23-20-30)43(35-14-8-3-9-15-35)38-26-24-37(25-27-38)42(33-10-4-1-5-11-33)34-12-6-2-7-13-34/h1-17,19-20,22-28H,18,21H2,(H,44,45)/b17-16+,39-32+. The molecule has 0 atom stereocenters. The zero-order valence-electron chi connectivity index (χ0n) is 24.6. The van der Waals surface area contributed by atoms with E-state index in [2.05, 4.69) is 119 Å². The molecule has 6 rings (SSSR count). The van der Waals surface area contributed by atoms with E-state index in [0.717, 1.165) is 45.3 Å². The molecule has 0 spiro atoms. The number of carbonyl (C=O) groups is 1. The maximum absolute atomic E-state index is 11.3. The lowest BCUT2D eigenvalue weighted by molar-refractivity contribution is -0.132. The topological polar surface area (TPSA) is 67.6 Å². The van der Waals surface area contributed by atoms with Crippen LogP contribution >= 0.6 is 0 Å². The first-order chi connectivity index (χ1) is 22.1. The molecule has 0 aliphatic heterocycles. The van der Waals surface area contributed by atoms with Crippen LogP contribution in [-0.2, 0) is 4.79 Å². The Hall–Kier alpha value is -6.12. The molecule has 45 heavy (non-hydrogen) atoms. The van der Waals surface area contributed by atoms with Crippen molar-refractivity contribution < 1.29 is 9.90 Å². The molecule has 0 unspecified atom stereocenters. The van der Waals surface area contributed by atoms with Gasteiger partial charge in [0, 0.05) is 34.1 Å². The summed E-state index contributed by atoms with van der Waals surface area (Å²) in [5.41, 5.74) is 8.81. The summed E-state index contributed by atoms with van der Waals surface area (Å²) in [5.74, 6) is -1.17. The van der Waals surface area contributed by atoms with Gasteiger partial charge in [0.25, 0.3) is 0 Å². The summed E-state index contributed by atoms with van der Waals surface area (Å²) in [5, 5.41) is 18.4. The molecule has 218 valence electrons. The van der Waals surface area contributed by atoms with Gasteiger partial charge in [0.05, 0.1) is 0 Å². The molecule has 5 aromatic rings. The minimum absolute atomic E-state index is 0.176. The largest absolute Gasteiger partial charge is 0.477 e. The Labute approximate surface area is 263 Å². The number of benzene rings is 5. The molecule has 1 aliphatic carbocycles. The Morgan fingerprint density at radius 3 is 1.38 bits per heavy atom. The van der Waals surface area contributed by atoms with E-state index in [1.807, 2.05) is 54.6 Å². The van der Waals surface area contributed by atoms with Crippen LogP contribution in [0.4, 0.5) is 34.1 Å².